The van der Waals surface area contributed by atoms with Crippen LogP contribution in [0, 0.1) is 0 Å². The van der Waals surface area contributed by atoms with E-state index in [9.17, 15) is 0 Å². The van der Waals surface area contributed by atoms with Gasteiger partial charge in [0.1, 0.15) is 6.33 Å². The Labute approximate surface area is 114 Å². The van der Waals surface area contributed by atoms with Crippen LogP contribution in [0.4, 0.5) is 5.95 Å². The van der Waals surface area contributed by atoms with Crippen LogP contribution in [0.25, 0.3) is 11.9 Å². The maximum absolute atomic E-state index is 5.74. The van der Waals surface area contributed by atoms with E-state index in [4.69, 9.17) is 5.73 Å². The van der Waals surface area contributed by atoms with Crippen molar-refractivity contribution in [2.45, 2.75) is 18.8 Å². The fourth-order valence-corrected chi connectivity index (χ4v) is 2.01. The van der Waals surface area contributed by atoms with E-state index < -0.39 is 0 Å². The summed E-state index contributed by atoms with van der Waals surface area (Å²) >= 11 is 0. The molecule has 0 aliphatic heterocycles. The standard InChI is InChI=1S/C12H12N8/c13-10-15-11(19-6-4-14-7-19)17-12(16-10)20-5-3-9(18-20)8-1-2-8/h3-8H,1-2H2,(H2,13,15,16,17). The highest BCUT2D eigenvalue weighted by molar-refractivity contribution is 5.29. The molecule has 1 saturated carbocycles. The normalized spacial score (nSPS) is 14.6. The van der Waals surface area contributed by atoms with E-state index in [2.05, 4.69) is 25.0 Å². The van der Waals surface area contributed by atoms with Crippen LogP contribution in [0.2, 0.25) is 0 Å². The monoisotopic (exact) mass is 268 g/mol. The zero-order chi connectivity index (χ0) is 13.5. The smallest absolute Gasteiger partial charge is 0.257 e. The lowest BCUT2D eigenvalue weighted by Crippen LogP contribution is -2.11. The van der Waals surface area contributed by atoms with Gasteiger partial charge in [-0.1, -0.05) is 0 Å². The Morgan fingerprint density at radius 1 is 1.10 bits per heavy atom. The minimum Gasteiger partial charge on any atom is -0.368 e. The van der Waals surface area contributed by atoms with Crippen molar-refractivity contribution in [2.75, 3.05) is 5.73 Å². The second kappa shape index (κ2) is 4.12. The predicted molar refractivity (Wildman–Crippen MR) is 70.5 cm³/mol. The van der Waals surface area contributed by atoms with Gasteiger partial charge in [0, 0.05) is 24.5 Å². The van der Waals surface area contributed by atoms with Gasteiger partial charge in [0.05, 0.1) is 5.69 Å². The van der Waals surface area contributed by atoms with Crippen LogP contribution in [0.1, 0.15) is 24.5 Å². The third kappa shape index (κ3) is 1.91. The van der Waals surface area contributed by atoms with Gasteiger partial charge in [-0.3, -0.25) is 4.57 Å². The van der Waals surface area contributed by atoms with Crippen LogP contribution < -0.4 is 5.73 Å². The van der Waals surface area contributed by atoms with Crippen molar-refractivity contribution in [3.63, 3.8) is 0 Å². The minimum atomic E-state index is 0.155. The van der Waals surface area contributed by atoms with E-state index >= 15 is 0 Å². The molecular formula is C12H12N8. The summed E-state index contributed by atoms with van der Waals surface area (Å²) in [5, 5.41) is 4.49. The summed E-state index contributed by atoms with van der Waals surface area (Å²) in [7, 11) is 0. The van der Waals surface area contributed by atoms with Crippen LogP contribution in [0.15, 0.2) is 31.0 Å². The molecule has 1 fully saturated rings. The molecule has 8 nitrogen and oxygen atoms in total. The summed E-state index contributed by atoms with van der Waals surface area (Å²) in [4.78, 5) is 16.5. The van der Waals surface area contributed by atoms with Gasteiger partial charge in [0.25, 0.3) is 5.95 Å². The molecule has 3 aromatic rings. The van der Waals surface area contributed by atoms with Crippen LogP contribution in [-0.2, 0) is 0 Å². The number of aromatic nitrogens is 7. The van der Waals surface area contributed by atoms with E-state index in [0.717, 1.165) is 5.69 Å². The van der Waals surface area contributed by atoms with E-state index in [1.165, 1.54) is 12.8 Å². The van der Waals surface area contributed by atoms with Gasteiger partial charge in [-0.15, -0.1) is 0 Å². The van der Waals surface area contributed by atoms with E-state index in [1.807, 2.05) is 12.3 Å². The zero-order valence-corrected chi connectivity index (χ0v) is 10.6. The number of nitrogens with two attached hydrogens (primary N) is 1. The lowest BCUT2D eigenvalue weighted by atomic mass is 10.3. The van der Waals surface area contributed by atoms with Crippen molar-refractivity contribution < 1.29 is 0 Å². The lowest BCUT2D eigenvalue weighted by molar-refractivity contribution is 0.761. The highest BCUT2D eigenvalue weighted by Crippen LogP contribution is 2.38. The molecule has 20 heavy (non-hydrogen) atoms. The van der Waals surface area contributed by atoms with Gasteiger partial charge >= 0.3 is 0 Å². The fraction of sp³-hybridized carbons (Fsp3) is 0.250. The van der Waals surface area contributed by atoms with E-state index in [1.54, 1.807) is 28.0 Å². The zero-order valence-electron chi connectivity index (χ0n) is 10.6. The Morgan fingerprint density at radius 2 is 1.95 bits per heavy atom. The molecule has 3 heterocycles. The molecule has 0 atom stereocenters. The largest absolute Gasteiger partial charge is 0.368 e. The third-order valence-corrected chi connectivity index (χ3v) is 3.17. The van der Waals surface area contributed by atoms with Gasteiger partial charge in [-0.25, -0.2) is 9.67 Å². The van der Waals surface area contributed by atoms with Crippen molar-refractivity contribution in [1.29, 1.82) is 0 Å². The van der Waals surface area contributed by atoms with Crippen LogP contribution in [-0.4, -0.2) is 34.3 Å². The van der Waals surface area contributed by atoms with Gasteiger partial charge < -0.3 is 5.73 Å². The maximum atomic E-state index is 5.74. The summed E-state index contributed by atoms with van der Waals surface area (Å²) < 4.78 is 3.30. The van der Waals surface area contributed by atoms with Crippen molar-refractivity contribution in [3.05, 3.63) is 36.7 Å². The number of imidazole rings is 1. The van der Waals surface area contributed by atoms with Gasteiger partial charge in [-0.05, 0) is 18.9 Å². The first-order valence-electron chi connectivity index (χ1n) is 6.35. The number of anilines is 1. The minimum absolute atomic E-state index is 0.155. The molecule has 0 saturated heterocycles. The first-order valence-corrected chi connectivity index (χ1v) is 6.35. The number of rotatable bonds is 3. The molecule has 0 aromatic carbocycles. The Kier molecular flexibility index (Phi) is 2.28. The summed E-state index contributed by atoms with van der Waals surface area (Å²) in [6.07, 6.45) is 9.26. The molecule has 1 aliphatic rings. The summed E-state index contributed by atoms with van der Waals surface area (Å²) in [6, 6.07) is 1.99. The number of nitrogens with zero attached hydrogens (tertiary/aromatic N) is 7. The Bertz CT molecular complexity index is 741. The van der Waals surface area contributed by atoms with E-state index in [-0.39, 0.29) is 5.95 Å². The summed E-state index contributed by atoms with van der Waals surface area (Å²) in [5.74, 6) is 1.58. The Morgan fingerprint density at radius 3 is 2.70 bits per heavy atom. The van der Waals surface area contributed by atoms with Gasteiger partial charge in [0.2, 0.25) is 11.9 Å². The molecule has 0 bridgehead atoms. The van der Waals surface area contributed by atoms with Crippen molar-refractivity contribution in [3.8, 4) is 11.9 Å². The molecule has 0 radical (unpaired) electrons. The van der Waals surface area contributed by atoms with Gasteiger partial charge in [0.15, 0.2) is 0 Å². The number of hydrogen-bond donors (Lipinski definition) is 1. The van der Waals surface area contributed by atoms with Crippen LogP contribution >= 0.6 is 0 Å². The van der Waals surface area contributed by atoms with Crippen LogP contribution in [0.5, 0.6) is 0 Å². The molecule has 0 amide bonds. The maximum Gasteiger partial charge on any atom is 0.257 e. The quantitative estimate of drug-likeness (QED) is 0.750. The third-order valence-electron chi connectivity index (χ3n) is 3.17. The number of nitrogen functional groups attached to an aromatic ring is 1. The average Bonchev–Trinajstić information content (AvgIpc) is 2.97. The number of hydrogen-bond acceptors (Lipinski definition) is 6. The van der Waals surface area contributed by atoms with Gasteiger partial charge in [-0.2, -0.15) is 20.1 Å². The second-order valence-corrected chi connectivity index (χ2v) is 4.72. The van der Waals surface area contributed by atoms with Crippen molar-refractivity contribution in [2.24, 2.45) is 0 Å². The second-order valence-electron chi connectivity index (χ2n) is 4.72. The highest BCUT2D eigenvalue weighted by atomic mass is 15.4. The molecule has 3 aromatic heterocycles. The topological polar surface area (TPSA) is 100 Å². The molecule has 100 valence electrons. The fourth-order valence-electron chi connectivity index (χ4n) is 2.01. The molecule has 2 N–H and O–H groups in total. The molecule has 8 heteroatoms. The molecule has 0 unspecified atom stereocenters. The van der Waals surface area contributed by atoms with Crippen molar-refractivity contribution in [1.82, 2.24) is 34.3 Å². The summed E-state index contributed by atoms with van der Waals surface area (Å²) in [6.45, 7) is 0. The van der Waals surface area contributed by atoms with E-state index in [0.29, 0.717) is 17.8 Å². The Balaban J connectivity index is 1.76. The summed E-state index contributed by atoms with van der Waals surface area (Å²) in [5.41, 5.74) is 6.82. The van der Waals surface area contributed by atoms with Crippen LogP contribution in [0.3, 0.4) is 0 Å². The molecule has 1 aliphatic carbocycles. The Hall–Kier alpha value is -2.77. The molecular weight excluding hydrogens is 256 g/mol. The SMILES string of the molecule is Nc1nc(-n2ccnc2)nc(-n2ccc(C3CC3)n2)n1. The lowest BCUT2D eigenvalue weighted by Gasteiger charge is -2.04. The highest BCUT2D eigenvalue weighted by Gasteiger charge is 2.26. The molecule has 4 rings (SSSR count). The average molecular weight is 268 g/mol. The first kappa shape index (κ1) is 11.1. The predicted octanol–water partition coefficient (Wildman–Crippen LogP) is 0.703. The van der Waals surface area contributed by atoms with Crippen molar-refractivity contribution >= 4 is 5.95 Å². The molecule has 0 spiro atoms. The first-order chi connectivity index (χ1) is 9.79.